The summed E-state index contributed by atoms with van der Waals surface area (Å²) in [5, 5.41) is 2.06. The average molecular weight is 403 g/mol. The highest BCUT2D eigenvalue weighted by Crippen LogP contribution is 2.55. The lowest BCUT2D eigenvalue weighted by atomic mass is 9.61. The minimum absolute atomic E-state index is 0.00223. The molecular weight excluding hydrogens is 379 g/mol. The maximum Gasteiger partial charge on any atom is 0.471 e. The molecule has 1 N–H and O–H groups in total. The van der Waals surface area contributed by atoms with Gasteiger partial charge >= 0.3 is 12.1 Å². The molecule has 0 radical (unpaired) electrons. The second-order valence-corrected chi connectivity index (χ2v) is 8.14. The van der Waals surface area contributed by atoms with Gasteiger partial charge < -0.3 is 10.1 Å². The van der Waals surface area contributed by atoms with E-state index in [2.05, 4.69) is 23.5 Å². The van der Waals surface area contributed by atoms with Crippen LogP contribution in [0.3, 0.4) is 0 Å². The lowest BCUT2D eigenvalue weighted by Crippen LogP contribution is -2.40. The first-order valence-corrected chi connectivity index (χ1v) is 9.91. The lowest BCUT2D eigenvalue weighted by molar-refractivity contribution is -0.173. The van der Waals surface area contributed by atoms with E-state index in [9.17, 15) is 18.0 Å². The van der Waals surface area contributed by atoms with Gasteiger partial charge in [0.2, 0.25) is 0 Å². The van der Waals surface area contributed by atoms with E-state index < -0.39 is 12.1 Å². The monoisotopic (exact) mass is 403 g/mol. The van der Waals surface area contributed by atoms with Crippen LogP contribution in [0.2, 0.25) is 0 Å². The van der Waals surface area contributed by atoms with Gasteiger partial charge in [-0.25, -0.2) is 0 Å². The molecule has 1 amide bonds. The molecule has 2 aromatic carbocycles. The van der Waals surface area contributed by atoms with Crippen LogP contribution in [-0.4, -0.2) is 25.7 Å². The minimum Gasteiger partial charge on any atom is -0.497 e. The highest BCUT2D eigenvalue weighted by atomic mass is 19.4. The van der Waals surface area contributed by atoms with Crippen LogP contribution in [0.4, 0.5) is 13.2 Å². The van der Waals surface area contributed by atoms with Crippen LogP contribution in [0.5, 0.6) is 5.75 Å². The summed E-state index contributed by atoms with van der Waals surface area (Å²) in [7, 11) is 1.62. The summed E-state index contributed by atoms with van der Waals surface area (Å²) in [6.07, 6.45) is -0.627. The number of methoxy groups -OCH3 is 1. The summed E-state index contributed by atoms with van der Waals surface area (Å²) < 4.78 is 43.2. The second kappa shape index (κ2) is 7.39. The number of aryl methyl sites for hydroxylation is 1. The zero-order valence-corrected chi connectivity index (χ0v) is 16.3. The van der Waals surface area contributed by atoms with Crippen molar-refractivity contribution >= 4 is 5.91 Å². The number of rotatable bonds is 4. The molecule has 1 unspecified atom stereocenters. The Balaban J connectivity index is 1.64. The summed E-state index contributed by atoms with van der Waals surface area (Å²) >= 11 is 0. The van der Waals surface area contributed by atoms with Crippen molar-refractivity contribution in [2.75, 3.05) is 13.7 Å². The van der Waals surface area contributed by atoms with Crippen LogP contribution in [-0.2, 0) is 24.1 Å². The minimum atomic E-state index is -4.85. The third kappa shape index (κ3) is 3.72. The molecule has 1 spiro atoms. The molecule has 0 bridgehead atoms. The topological polar surface area (TPSA) is 38.3 Å². The highest BCUT2D eigenvalue weighted by molar-refractivity contribution is 5.81. The number of carbonyl (C=O) groups is 1. The standard InChI is InChI=1S/C23H24F3NO2/c1-29-18-7-6-15-8-10-22(13-16-4-2-3-5-17(16)14-22)20(19(15)12-18)9-11-27-21(28)23(24,25)26/h2-7,12,20H,8-11,13-14H2,1H3,(H,27,28). The van der Waals surface area contributed by atoms with E-state index in [1.807, 2.05) is 24.3 Å². The molecule has 2 aliphatic rings. The Morgan fingerprint density at radius 1 is 1.14 bits per heavy atom. The maximum atomic E-state index is 12.6. The first-order chi connectivity index (χ1) is 13.8. The number of halogens is 3. The van der Waals surface area contributed by atoms with Crippen molar-refractivity contribution in [1.29, 1.82) is 0 Å². The summed E-state index contributed by atoms with van der Waals surface area (Å²) in [4.78, 5) is 11.3. The van der Waals surface area contributed by atoms with Crippen LogP contribution in [0.1, 0.15) is 41.0 Å². The van der Waals surface area contributed by atoms with Gasteiger partial charge in [0.1, 0.15) is 5.75 Å². The third-order valence-corrected chi connectivity index (χ3v) is 6.54. The fourth-order valence-corrected chi connectivity index (χ4v) is 5.18. The van der Waals surface area contributed by atoms with Crippen molar-refractivity contribution in [3.8, 4) is 5.75 Å². The number of amides is 1. The van der Waals surface area contributed by atoms with Crippen LogP contribution in [0, 0.1) is 5.41 Å². The predicted molar refractivity (Wildman–Crippen MR) is 104 cm³/mol. The summed E-state index contributed by atoms with van der Waals surface area (Å²) in [6.45, 7) is -0.00223. The van der Waals surface area contributed by atoms with Gasteiger partial charge in [-0.1, -0.05) is 30.3 Å². The smallest absolute Gasteiger partial charge is 0.471 e. The molecule has 0 saturated carbocycles. The third-order valence-electron chi connectivity index (χ3n) is 6.54. The average Bonchev–Trinajstić information content (AvgIpc) is 3.07. The van der Waals surface area contributed by atoms with Crippen molar-refractivity contribution in [3.05, 3.63) is 64.7 Å². The number of fused-ring (bicyclic) bond motifs is 2. The van der Waals surface area contributed by atoms with Crippen molar-refractivity contribution in [3.63, 3.8) is 0 Å². The highest BCUT2D eigenvalue weighted by Gasteiger charge is 2.47. The van der Waals surface area contributed by atoms with E-state index >= 15 is 0 Å². The molecule has 1 atom stereocenters. The molecule has 3 nitrogen and oxygen atoms in total. The summed E-state index contributed by atoms with van der Waals surface area (Å²) in [5.41, 5.74) is 4.97. The van der Waals surface area contributed by atoms with Crippen LogP contribution < -0.4 is 10.1 Å². The molecule has 0 fully saturated rings. The number of hydrogen-bond donors (Lipinski definition) is 1. The molecule has 2 aliphatic carbocycles. The largest absolute Gasteiger partial charge is 0.497 e. The van der Waals surface area contributed by atoms with Crippen molar-refractivity contribution in [2.24, 2.45) is 5.41 Å². The fourth-order valence-electron chi connectivity index (χ4n) is 5.18. The van der Waals surface area contributed by atoms with E-state index in [0.717, 1.165) is 37.0 Å². The van der Waals surface area contributed by atoms with Crippen molar-refractivity contribution in [1.82, 2.24) is 5.32 Å². The quantitative estimate of drug-likeness (QED) is 0.812. The van der Waals surface area contributed by atoms with Gasteiger partial charge in [0.25, 0.3) is 0 Å². The van der Waals surface area contributed by atoms with Gasteiger partial charge in [0.15, 0.2) is 0 Å². The summed E-state index contributed by atoms with van der Waals surface area (Å²) in [5.74, 6) is -1.06. The summed E-state index contributed by atoms with van der Waals surface area (Å²) in [6, 6.07) is 14.4. The van der Waals surface area contributed by atoms with Gasteiger partial charge in [-0.05, 0) is 77.8 Å². The SMILES string of the molecule is COc1ccc2c(c1)C(CCNC(=O)C(F)(F)F)C1(CC2)Cc2ccccc2C1. The number of ether oxygens (including phenoxy) is 1. The van der Waals surface area contributed by atoms with Gasteiger partial charge in [-0.15, -0.1) is 0 Å². The molecule has 0 heterocycles. The van der Waals surface area contributed by atoms with E-state index in [4.69, 9.17) is 4.74 Å². The van der Waals surface area contributed by atoms with Gasteiger partial charge in [-0.3, -0.25) is 4.79 Å². The van der Waals surface area contributed by atoms with Gasteiger partial charge in [0.05, 0.1) is 7.11 Å². The number of carbonyl (C=O) groups excluding carboxylic acids is 1. The predicted octanol–water partition coefficient (Wildman–Crippen LogP) is 4.58. The zero-order chi connectivity index (χ0) is 20.6. The fraction of sp³-hybridized carbons (Fsp3) is 0.435. The molecule has 0 aromatic heterocycles. The second-order valence-electron chi connectivity index (χ2n) is 8.14. The molecule has 0 aliphatic heterocycles. The number of alkyl halides is 3. The molecular formula is C23H24F3NO2. The van der Waals surface area contributed by atoms with E-state index in [1.165, 1.54) is 16.7 Å². The Hall–Kier alpha value is -2.50. The first kappa shape index (κ1) is 19.8. The molecule has 6 heteroatoms. The van der Waals surface area contributed by atoms with Gasteiger partial charge in [-0.2, -0.15) is 13.2 Å². The molecule has 0 saturated heterocycles. The van der Waals surface area contributed by atoms with E-state index in [-0.39, 0.29) is 17.9 Å². The Morgan fingerprint density at radius 3 is 2.45 bits per heavy atom. The first-order valence-electron chi connectivity index (χ1n) is 9.91. The molecule has 154 valence electrons. The number of benzene rings is 2. The van der Waals surface area contributed by atoms with Crippen LogP contribution in [0.25, 0.3) is 0 Å². The maximum absolute atomic E-state index is 12.6. The van der Waals surface area contributed by atoms with Crippen LogP contribution >= 0.6 is 0 Å². The number of nitrogens with one attached hydrogen (secondary N) is 1. The zero-order valence-electron chi connectivity index (χ0n) is 16.3. The van der Waals surface area contributed by atoms with Gasteiger partial charge in [0, 0.05) is 6.54 Å². The Kier molecular flexibility index (Phi) is 5.05. The molecule has 29 heavy (non-hydrogen) atoms. The number of hydrogen-bond acceptors (Lipinski definition) is 2. The normalized spacial score (nSPS) is 19.5. The molecule has 4 rings (SSSR count). The van der Waals surface area contributed by atoms with E-state index in [0.29, 0.717) is 6.42 Å². The van der Waals surface area contributed by atoms with E-state index in [1.54, 1.807) is 7.11 Å². The molecule has 2 aromatic rings. The van der Waals surface area contributed by atoms with Crippen LogP contribution in [0.15, 0.2) is 42.5 Å². The Bertz CT molecular complexity index is 898. The van der Waals surface area contributed by atoms with Crippen molar-refractivity contribution in [2.45, 2.75) is 44.2 Å². The lowest BCUT2D eigenvalue weighted by Gasteiger charge is -2.43. The van der Waals surface area contributed by atoms with Crippen molar-refractivity contribution < 1.29 is 22.7 Å². The Labute approximate surface area is 168 Å². The Morgan fingerprint density at radius 2 is 1.83 bits per heavy atom.